The average Bonchev–Trinajstić information content (AvgIpc) is 2.95. The second-order valence-electron chi connectivity index (χ2n) is 7.29. The van der Waals surface area contributed by atoms with Crippen molar-refractivity contribution < 1.29 is 4.74 Å². The molecule has 0 spiro atoms. The molecule has 1 heterocycles. The van der Waals surface area contributed by atoms with Crippen LogP contribution in [0.25, 0.3) is 5.57 Å². The fourth-order valence-electron chi connectivity index (χ4n) is 3.85. The predicted octanol–water partition coefficient (Wildman–Crippen LogP) is 6.52. The SMILES string of the molecule is CC1(C)O[C@H](CC=C(c2ccccc2)c2ccccc2)c2ccccc21. The van der Waals surface area contributed by atoms with Crippen LogP contribution < -0.4 is 0 Å². The average molecular weight is 340 g/mol. The summed E-state index contributed by atoms with van der Waals surface area (Å²) in [5.41, 5.74) is 6.13. The highest BCUT2D eigenvalue weighted by Crippen LogP contribution is 2.45. The number of benzene rings is 3. The number of hydrogen-bond acceptors (Lipinski definition) is 1. The summed E-state index contributed by atoms with van der Waals surface area (Å²) in [5.74, 6) is 0. The van der Waals surface area contributed by atoms with Crippen LogP contribution in [0.1, 0.15) is 48.6 Å². The third kappa shape index (κ3) is 3.23. The van der Waals surface area contributed by atoms with E-state index in [-0.39, 0.29) is 11.7 Å². The Kier molecular flexibility index (Phi) is 4.48. The van der Waals surface area contributed by atoms with Gasteiger partial charge < -0.3 is 4.74 Å². The Morgan fingerprint density at radius 2 is 1.35 bits per heavy atom. The van der Waals surface area contributed by atoms with Crippen molar-refractivity contribution in [2.45, 2.75) is 32.0 Å². The summed E-state index contributed by atoms with van der Waals surface area (Å²) < 4.78 is 6.40. The summed E-state index contributed by atoms with van der Waals surface area (Å²) in [5, 5.41) is 0. The van der Waals surface area contributed by atoms with Gasteiger partial charge in [0.15, 0.2) is 0 Å². The van der Waals surface area contributed by atoms with E-state index < -0.39 is 0 Å². The normalized spacial score (nSPS) is 17.5. The van der Waals surface area contributed by atoms with E-state index in [1.807, 2.05) is 0 Å². The van der Waals surface area contributed by atoms with Gasteiger partial charge in [-0.05, 0) is 48.1 Å². The van der Waals surface area contributed by atoms with Gasteiger partial charge in [-0.1, -0.05) is 91.0 Å². The van der Waals surface area contributed by atoms with Crippen molar-refractivity contribution in [1.29, 1.82) is 0 Å². The second kappa shape index (κ2) is 6.93. The van der Waals surface area contributed by atoms with Crippen molar-refractivity contribution in [2.24, 2.45) is 0 Å². The number of rotatable bonds is 4. The maximum Gasteiger partial charge on any atom is 0.0887 e. The summed E-state index contributed by atoms with van der Waals surface area (Å²) in [4.78, 5) is 0. The molecule has 0 aliphatic carbocycles. The molecule has 0 fully saturated rings. The molecule has 0 aromatic heterocycles. The summed E-state index contributed by atoms with van der Waals surface area (Å²) in [6, 6.07) is 29.8. The van der Waals surface area contributed by atoms with E-state index in [0.29, 0.717) is 0 Å². The molecular weight excluding hydrogens is 316 g/mol. The van der Waals surface area contributed by atoms with Gasteiger partial charge in [-0.2, -0.15) is 0 Å². The number of hydrogen-bond donors (Lipinski definition) is 0. The summed E-state index contributed by atoms with van der Waals surface area (Å²) in [7, 11) is 0. The van der Waals surface area contributed by atoms with E-state index >= 15 is 0 Å². The first kappa shape index (κ1) is 16.8. The fourth-order valence-corrected chi connectivity index (χ4v) is 3.85. The van der Waals surface area contributed by atoms with E-state index in [4.69, 9.17) is 4.74 Å². The van der Waals surface area contributed by atoms with Crippen molar-refractivity contribution >= 4 is 5.57 Å². The number of ether oxygens (including phenoxy) is 1. The largest absolute Gasteiger partial charge is 0.363 e. The fraction of sp³-hybridized carbons (Fsp3) is 0.200. The van der Waals surface area contributed by atoms with Crippen LogP contribution in [0.2, 0.25) is 0 Å². The molecule has 0 amide bonds. The Hall–Kier alpha value is -2.64. The Balaban J connectivity index is 1.69. The van der Waals surface area contributed by atoms with E-state index in [2.05, 4.69) is 105 Å². The molecule has 0 saturated carbocycles. The van der Waals surface area contributed by atoms with Crippen LogP contribution in [0.15, 0.2) is 91.0 Å². The molecule has 1 heteroatoms. The summed E-state index contributed by atoms with van der Waals surface area (Å²) in [6.45, 7) is 4.32. The third-order valence-electron chi connectivity index (χ3n) is 5.10. The molecule has 26 heavy (non-hydrogen) atoms. The van der Waals surface area contributed by atoms with Crippen molar-refractivity contribution in [3.63, 3.8) is 0 Å². The second-order valence-corrected chi connectivity index (χ2v) is 7.29. The minimum absolute atomic E-state index is 0.101. The maximum atomic E-state index is 6.40. The zero-order valence-electron chi connectivity index (χ0n) is 15.4. The van der Waals surface area contributed by atoms with E-state index in [0.717, 1.165) is 6.42 Å². The molecule has 3 aromatic rings. The lowest BCUT2D eigenvalue weighted by Gasteiger charge is -2.20. The number of fused-ring (bicyclic) bond motifs is 1. The molecule has 3 aromatic carbocycles. The van der Waals surface area contributed by atoms with E-state index in [1.54, 1.807) is 0 Å². The van der Waals surface area contributed by atoms with Crippen molar-refractivity contribution in [1.82, 2.24) is 0 Å². The van der Waals surface area contributed by atoms with Crippen LogP contribution in [0.4, 0.5) is 0 Å². The Bertz CT molecular complexity index is 866. The monoisotopic (exact) mass is 340 g/mol. The molecule has 130 valence electrons. The Morgan fingerprint density at radius 1 is 0.808 bits per heavy atom. The first-order chi connectivity index (χ1) is 12.6. The Morgan fingerprint density at radius 3 is 1.96 bits per heavy atom. The van der Waals surface area contributed by atoms with Crippen LogP contribution in [0.3, 0.4) is 0 Å². The van der Waals surface area contributed by atoms with Crippen LogP contribution in [0, 0.1) is 0 Å². The molecule has 4 rings (SSSR count). The van der Waals surface area contributed by atoms with Crippen molar-refractivity contribution in [3.05, 3.63) is 113 Å². The summed E-state index contributed by atoms with van der Waals surface area (Å²) >= 11 is 0. The predicted molar refractivity (Wildman–Crippen MR) is 108 cm³/mol. The molecule has 1 nitrogen and oxygen atoms in total. The lowest BCUT2D eigenvalue weighted by molar-refractivity contribution is -0.0504. The van der Waals surface area contributed by atoms with Crippen LogP contribution in [-0.4, -0.2) is 0 Å². The minimum atomic E-state index is -0.227. The zero-order valence-corrected chi connectivity index (χ0v) is 15.4. The Labute approximate surface area is 156 Å². The smallest absolute Gasteiger partial charge is 0.0887 e. The third-order valence-corrected chi connectivity index (χ3v) is 5.10. The molecular formula is C25H24O. The van der Waals surface area contributed by atoms with E-state index in [1.165, 1.54) is 27.8 Å². The van der Waals surface area contributed by atoms with Gasteiger partial charge in [0, 0.05) is 0 Å². The molecule has 1 aliphatic rings. The maximum absolute atomic E-state index is 6.40. The summed E-state index contributed by atoms with van der Waals surface area (Å²) in [6.07, 6.45) is 3.29. The quantitative estimate of drug-likeness (QED) is 0.525. The van der Waals surface area contributed by atoms with Gasteiger partial charge in [-0.15, -0.1) is 0 Å². The zero-order chi connectivity index (χ0) is 18.0. The highest BCUT2D eigenvalue weighted by Gasteiger charge is 2.36. The molecule has 0 unspecified atom stereocenters. The molecule has 0 radical (unpaired) electrons. The van der Waals surface area contributed by atoms with Gasteiger partial charge in [-0.25, -0.2) is 0 Å². The molecule has 1 atom stereocenters. The van der Waals surface area contributed by atoms with Gasteiger partial charge >= 0.3 is 0 Å². The van der Waals surface area contributed by atoms with Gasteiger partial charge in [0.25, 0.3) is 0 Å². The van der Waals surface area contributed by atoms with Gasteiger partial charge in [-0.3, -0.25) is 0 Å². The van der Waals surface area contributed by atoms with Crippen molar-refractivity contribution in [3.8, 4) is 0 Å². The first-order valence-corrected chi connectivity index (χ1v) is 9.23. The van der Waals surface area contributed by atoms with Crippen molar-refractivity contribution in [2.75, 3.05) is 0 Å². The standard InChI is InChI=1S/C25H24O/c1-25(2)23-16-10-9-15-22(23)24(26-25)18-17-21(19-11-5-3-6-12-19)20-13-7-4-8-14-20/h3-17,24H,18H2,1-2H3/t24-/m1/s1. The first-order valence-electron chi connectivity index (χ1n) is 9.23. The topological polar surface area (TPSA) is 9.23 Å². The van der Waals surface area contributed by atoms with Crippen LogP contribution in [0.5, 0.6) is 0 Å². The van der Waals surface area contributed by atoms with Crippen LogP contribution in [-0.2, 0) is 10.3 Å². The molecule has 0 saturated heterocycles. The lowest BCUT2D eigenvalue weighted by Crippen LogP contribution is -2.15. The van der Waals surface area contributed by atoms with Crippen LogP contribution >= 0.6 is 0 Å². The molecule has 0 bridgehead atoms. The lowest BCUT2D eigenvalue weighted by atomic mass is 9.92. The minimum Gasteiger partial charge on any atom is -0.363 e. The van der Waals surface area contributed by atoms with Gasteiger partial charge in [0.1, 0.15) is 0 Å². The van der Waals surface area contributed by atoms with Gasteiger partial charge in [0.05, 0.1) is 11.7 Å². The van der Waals surface area contributed by atoms with E-state index in [9.17, 15) is 0 Å². The van der Waals surface area contributed by atoms with Gasteiger partial charge in [0.2, 0.25) is 0 Å². The molecule has 0 N–H and O–H groups in total. The molecule has 1 aliphatic heterocycles. The highest BCUT2D eigenvalue weighted by molar-refractivity contribution is 5.79. The highest BCUT2D eigenvalue weighted by atomic mass is 16.5.